The molecule has 1 aliphatic heterocycles. The van der Waals surface area contributed by atoms with E-state index in [0.717, 1.165) is 42.7 Å². The molecule has 1 aromatic carbocycles. The highest BCUT2D eigenvalue weighted by molar-refractivity contribution is 7.80. The highest BCUT2D eigenvalue weighted by atomic mass is 32.1. The first-order valence-electron chi connectivity index (χ1n) is 7.97. The van der Waals surface area contributed by atoms with Gasteiger partial charge >= 0.3 is 0 Å². The Balaban J connectivity index is 1.36. The van der Waals surface area contributed by atoms with Crippen LogP contribution in [-0.2, 0) is 0 Å². The van der Waals surface area contributed by atoms with E-state index in [2.05, 4.69) is 4.90 Å². The van der Waals surface area contributed by atoms with Gasteiger partial charge in [-0.25, -0.2) is 0 Å². The van der Waals surface area contributed by atoms with Gasteiger partial charge in [0.25, 0.3) is 0 Å². The van der Waals surface area contributed by atoms with Crippen molar-refractivity contribution in [3.05, 3.63) is 29.8 Å². The maximum atomic E-state index is 5.78. The van der Waals surface area contributed by atoms with E-state index in [0.29, 0.717) is 4.99 Å². The van der Waals surface area contributed by atoms with Gasteiger partial charge in [-0.3, -0.25) is 0 Å². The average Bonchev–Trinajstić information content (AvgIpc) is 3.05. The van der Waals surface area contributed by atoms with E-state index in [-0.39, 0.29) is 0 Å². The zero-order valence-electron chi connectivity index (χ0n) is 12.5. The number of likely N-dealkylation sites (tertiary alicyclic amines) is 1. The second kappa shape index (κ2) is 6.75. The van der Waals surface area contributed by atoms with Crippen molar-refractivity contribution in [2.24, 2.45) is 17.6 Å². The fourth-order valence-corrected chi connectivity index (χ4v) is 3.84. The summed E-state index contributed by atoms with van der Waals surface area (Å²) in [5.41, 5.74) is 6.47. The molecule has 2 unspecified atom stereocenters. The van der Waals surface area contributed by atoms with Crippen molar-refractivity contribution < 1.29 is 4.74 Å². The summed E-state index contributed by atoms with van der Waals surface area (Å²) in [5, 5.41) is 0. The third kappa shape index (κ3) is 3.74. The second-order valence-corrected chi connectivity index (χ2v) is 6.74. The number of rotatable bonds is 6. The van der Waals surface area contributed by atoms with Gasteiger partial charge in [-0.1, -0.05) is 18.6 Å². The number of nitrogens with two attached hydrogens (primary N) is 1. The summed E-state index contributed by atoms with van der Waals surface area (Å²) < 4.78 is 5.78. The SMILES string of the molecule is NC(=S)c1ccc(OCCCN2CC3CCCC3C2)cc1. The molecule has 0 spiro atoms. The summed E-state index contributed by atoms with van der Waals surface area (Å²) >= 11 is 4.94. The van der Waals surface area contributed by atoms with Crippen LogP contribution in [0.15, 0.2) is 24.3 Å². The first kappa shape index (κ1) is 14.8. The molecular formula is C17H24N2OS. The Kier molecular flexibility index (Phi) is 4.76. The van der Waals surface area contributed by atoms with E-state index >= 15 is 0 Å². The number of fused-ring (bicyclic) bond motifs is 1. The van der Waals surface area contributed by atoms with Crippen molar-refractivity contribution in [2.75, 3.05) is 26.2 Å². The van der Waals surface area contributed by atoms with Crippen LogP contribution in [0.2, 0.25) is 0 Å². The van der Waals surface area contributed by atoms with Gasteiger partial charge in [0, 0.05) is 25.2 Å². The van der Waals surface area contributed by atoms with Crippen LogP contribution < -0.4 is 10.5 Å². The molecule has 2 atom stereocenters. The van der Waals surface area contributed by atoms with Gasteiger partial charge in [0.15, 0.2) is 0 Å². The molecule has 2 N–H and O–H groups in total. The fourth-order valence-electron chi connectivity index (χ4n) is 3.71. The first-order valence-corrected chi connectivity index (χ1v) is 8.38. The van der Waals surface area contributed by atoms with Crippen molar-refractivity contribution >= 4 is 17.2 Å². The predicted molar refractivity (Wildman–Crippen MR) is 89.7 cm³/mol. The number of hydrogen-bond donors (Lipinski definition) is 1. The van der Waals surface area contributed by atoms with Crippen LogP contribution in [0.5, 0.6) is 5.75 Å². The summed E-state index contributed by atoms with van der Waals surface area (Å²) in [7, 11) is 0. The van der Waals surface area contributed by atoms with Crippen molar-refractivity contribution in [1.29, 1.82) is 0 Å². The molecule has 1 saturated carbocycles. The number of benzene rings is 1. The molecule has 1 aromatic rings. The molecule has 0 amide bonds. The van der Waals surface area contributed by atoms with Crippen LogP contribution in [0.25, 0.3) is 0 Å². The average molecular weight is 304 g/mol. The maximum Gasteiger partial charge on any atom is 0.119 e. The van der Waals surface area contributed by atoms with E-state index in [1.54, 1.807) is 0 Å². The van der Waals surface area contributed by atoms with Gasteiger partial charge < -0.3 is 15.4 Å². The molecule has 2 fully saturated rings. The molecule has 1 aliphatic carbocycles. The minimum atomic E-state index is 0.432. The molecule has 114 valence electrons. The van der Waals surface area contributed by atoms with Gasteiger partial charge in [-0.2, -0.15) is 0 Å². The number of hydrogen-bond acceptors (Lipinski definition) is 3. The van der Waals surface area contributed by atoms with Crippen LogP contribution in [0.1, 0.15) is 31.2 Å². The fraction of sp³-hybridized carbons (Fsp3) is 0.588. The standard InChI is InChI=1S/C17H24N2OS/c18-17(21)13-5-7-16(8-6-13)20-10-2-9-19-11-14-3-1-4-15(14)12-19/h5-8,14-15H,1-4,9-12H2,(H2,18,21). The topological polar surface area (TPSA) is 38.5 Å². The van der Waals surface area contributed by atoms with Gasteiger partial charge in [-0.05, 0) is 55.4 Å². The Morgan fingerprint density at radius 1 is 1.19 bits per heavy atom. The summed E-state index contributed by atoms with van der Waals surface area (Å²) in [6, 6.07) is 7.71. The Morgan fingerprint density at radius 3 is 2.48 bits per heavy atom. The predicted octanol–water partition coefficient (Wildman–Crippen LogP) is 2.82. The molecule has 1 heterocycles. The molecule has 0 aromatic heterocycles. The van der Waals surface area contributed by atoms with Gasteiger partial charge in [-0.15, -0.1) is 0 Å². The van der Waals surface area contributed by atoms with Crippen molar-refractivity contribution in [1.82, 2.24) is 4.90 Å². The molecular weight excluding hydrogens is 280 g/mol. The molecule has 0 radical (unpaired) electrons. The smallest absolute Gasteiger partial charge is 0.119 e. The lowest BCUT2D eigenvalue weighted by Gasteiger charge is -2.16. The van der Waals surface area contributed by atoms with Crippen LogP contribution in [0.3, 0.4) is 0 Å². The van der Waals surface area contributed by atoms with Crippen molar-refractivity contribution in [3.63, 3.8) is 0 Å². The lowest BCUT2D eigenvalue weighted by Crippen LogP contribution is -2.24. The Bertz CT molecular complexity index is 476. The van der Waals surface area contributed by atoms with Crippen molar-refractivity contribution in [3.8, 4) is 5.75 Å². The van der Waals surface area contributed by atoms with Gasteiger partial charge in [0.2, 0.25) is 0 Å². The van der Waals surface area contributed by atoms with E-state index in [4.69, 9.17) is 22.7 Å². The molecule has 4 heteroatoms. The molecule has 2 aliphatic rings. The van der Waals surface area contributed by atoms with E-state index in [1.165, 1.54) is 32.4 Å². The highest BCUT2D eigenvalue weighted by Crippen LogP contribution is 2.37. The minimum Gasteiger partial charge on any atom is -0.494 e. The Hall–Kier alpha value is -1.13. The van der Waals surface area contributed by atoms with E-state index < -0.39 is 0 Å². The molecule has 21 heavy (non-hydrogen) atoms. The largest absolute Gasteiger partial charge is 0.494 e. The van der Waals surface area contributed by atoms with Crippen LogP contribution in [-0.4, -0.2) is 36.1 Å². The third-order valence-electron chi connectivity index (χ3n) is 4.83. The first-order chi connectivity index (χ1) is 10.2. The molecule has 3 rings (SSSR count). The normalized spacial score (nSPS) is 25.0. The Morgan fingerprint density at radius 2 is 1.86 bits per heavy atom. The maximum absolute atomic E-state index is 5.78. The molecule has 3 nitrogen and oxygen atoms in total. The highest BCUT2D eigenvalue weighted by Gasteiger charge is 2.35. The monoisotopic (exact) mass is 304 g/mol. The zero-order valence-corrected chi connectivity index (χ0v) is 13.3. The number of nitrogens with zero attached hydrogens (tertiary/aromatic N) is 1. The summed E-state index contributed by atoms with van der Waals surface area (Å²) in [4.78, 5) is 3.05. The second-order valence-electron chi connectivity index (χ2n) is 6.30. The summed E-state index contributed by atoms with van der Waals surface area (Å²) in [5.74, 6) is 2.87. The summed E-state index contributed by atoms with van der Waals surface area (Å²) in [6.07, 6.45) is 5.45. The van der Waals surface area contributed by atoms with Crippen molar-refractivity contribution in [2.45, 2.75) is 25.7 Å². The quantitative estimate of drug-likeness (QED) is 0.648. The van der Waals surface area contributed by atoms with E-state index in [1.807, 2.05) is 24.3 Å². The third-order valence-corrected chi connectivity index (χ3v) is 5.06. The van der Waals surface area contributed by atoms with E-state index in [9.17, 15) is 0 Å². The zero-order chi connectivity index (χ0) is 14.7. The summed E-state index contributed by atoms with van der Waals surface area (Å²) in [6.45, 7) is 4.57. The number of ether oxygens (including phenoxy) is 1. The lowest BCUT2D eigenvalue weighted by molar-refractivity contribution is 0.253. The van der Waals surface area contributed by atoms with Crippen LogP contribution in [0.4, 0.5) is 0 Å². The lowest BCUT2D eigenvalue weighted by atomic mass is 10.0. The molecule has 0 bridgehead atoms. The Labute approximate surface area is 132 Å². The van der Waals surface area contributed by atoms with Gasteiger partial charge in [0.05, 0.1) is 6.61 Å². The number of thiocarbonyl (C=S) groups is 1. The molecule has 1 saturated heterocycles. The van der Waals surface area contributed by atoms with Crippen LogP contribution in [0, 0.1) is 11.8 Å². The van der Waals surface area contributed by atoms with Crippen LogP contribution >= 0.6 is 12.2 Å². The van der Waals surface area contributed by atoms with Gasteiger partial charge in [0.1, 0.15) is 10.7 Å². The minimum absolute atomic E-state index is 0.432.